The predicted molar refractivity (Wildman–Crippen MR) is 64.3 cm³/mol. The largest absolute Gasteiger partial charge is 0.497 e. The molecule has 2 rings (SSSR count). The van der Waals surface area contributed by atoms with Gasteiger partial charge >= 0.3 is 0 Å². The molecule has 1 aromatic carbocycles. The lowest BCUT2D eigenvalue weighted by atomic mass is 10.1. The van der Waals surface area contributed by atoms with Crippen LogP contribution in [0.5, 0.6) is 5.75 Å². The minimum Gasteiger partial charge on any atom is -0.497 e. The molecule has 0 unspecified atom stereocenters. The van der Waals surface area contributed by atoms with Crippen molar-refractivity contribution < 1.29 is 9.53 Å². The topological polar surface area (TPSA) is 26.3 Å². The number of hydrogen-bond donors (Lipinski definition) is 0. The molecule has 1 aliphatic carbocycles. The summed E-state index contributed by atoms with van der Waals surface area (Å²) >= 11 is 0. The maximum absolute atomic E-state index is 10.9. The monoisotopic (exact) mass is 212 g/mol. The van der Waals surface area contributed by atoms with Crippen LogP contribution in [-0.2, 0) is 4.79 Å². The molecule has 0 fully saturated rings. The van der Waals surface area contributed by atoms with E-state index in [1.54, 1.807) is 19.3 Å². The maximum Gasteiger partial charge on any atom is 0.178 e. The summed E-state index contributed by atoms with van der Waals surface area (Å²) in [6, 6.07) is 7.77. The Labute approximate surface area is 94.6 Å². The van der Waals surface area contributed by atoms with Crippen molar-refractivity contribution in [2.24, 2.45) is 0 Å². The van der Waals surface area contributed by atoms with Crippen molar-refractivity contribution >= 4 is 11.9 Å². The molecule has 0 radical (unpaired) electrons. The molecule has 0 aromatic heterocycles. The van der Waals surface area contributed by atoms with Crippen LogP contribution in [0.15, 0.2) is 54.1 Å². The van der Waals surface area contributed by atoms with E-state index in [9.17, 15) is 4.79 Å². The Bertz CT molecular complexity index is 458. The first-order valence-electron chi connectivity index (χ1n) is 5.04. The van der Waals surface area contributed by atoms with Gasteiger partial charge in [-0.15, -0.1) is 0 Å². The number of carbonyl (C=O) groups excluding carboxylic acids is 1. The van der Waals surface area contributed by atoms with E-state index in [4.69, 9.17) is 4.74 Å². The van der Waals surface area contributed by atoms with Crippen molar-refractivity contribution in [1.29, 1.82) is 0 Å². The molecule has 0 bridgehead atoms. The second-order valence-corrected chi connectivity index (χ2v) is 3.49. The Morgan fingerprint density at radius 2 is 1.62 bits per heavy atom. The molecular weight excluding hydrogens is 200 g/mol. The molecule has 0 aliphatic heterocycles. The zero-order chi connectivity index (χ0) is 11.4. The lowest BCUT2D eigenvalue weighted by molar-refractivity contribution is -0.110. The van der Waals surface area contributed by atoms with Crippen LogP contribution >= 0.6 is 0 Å². The first kappa shape index (κ1) is 10.4. The van der Waals surface area contributed by atoms with Gasteiger partial charge in [-0.2, -0.15) is 0 Å². The molecule has 0 saturated carbocycles. The molecule has 1 aliphatic rings. The molecule has 2 heteroatoms. The van der Waals surface area contributed by atoms with Crippen molar-refractivity contribution in [2.75, 3.05) is 7.11 Å². The van der Waals surface area contributed by atoms with Gasteiger partial charge in [0, 0.05) is 0 Å². The van der Waals surface area contributed by atoms with Crippen LogP contribution in [0.1, 0.15) is 5.56 Å². The van der Waals surface area contributed by atoms with Crippen LogP contribution in [0.3, 0.4) is 0 Å². The molecule has 0 N–H and O–H groups in total. The summed E-state index contributed by atoms with van der Waals surface area (Å²) in [4.78, 5) is 10.9. The molecule has 1 aromatic rings. The van der Waals surface area contributed by atoms with Crippen LogP contribution in [0, 0.1) is 0 Å². The highest BCUT2D eigenvalue weighted by atomic mass is 16.5. The van der Waals surface area contributed by atoms with Crippen molar-refractivity contribution in [3.8, 4) is 5.75 Å². The van der Waals surface area contributed by atoms with Gasteiger partial charge in [0.05, 0.1) is 7.11 Å². The minimum atomic E-state index is 0.0341. The third-order valence-electron chi connectivity index (χ3n) is 2.33. The van der Waals surface area contributed by atoms with E-state index in [0.29, 0.717) is 0 Å². The van der Waals surface area contributed by atoms with Crippen molar-refractivity contribution in [1.82, 2.24) is 0 Å². The molecule has 0 saturated heterocycles. The van der Waals surface area contributed by atoms with Crippen molar-refractivity contribution in [2.45, 2.75) is 0 Å². The van der Waals surface area contributed by atoms with Gasteiger partial charge in [-0.25, -0.2) is 0 Å². The highest BCUT2D eigenvalue weighted by molar-refractivity contribution is 6.01. The smallest absolute Gasteiger partial charge is 0.178 e. The molecule has 0 atom stereocenters. The first-order chi connectivity index (χ1) is 7.78. The van der Waals surface area contributed by atoms with Gasteiger partial charge in [0.15, 0.2) is 5.78 Å². The highest BCUT2D eigenvalue weighted by Gasteiger charge is 1.98. The van der Waals surface area contributed by atoms with Crippen LogP contribution in [-0.4, -0.2) is 12.9 Å². The molecule has 80 valence electrons. The lowest BCUT2D eigenvalue weighted by Crippen LogP contribution is -1.91. The number of ketones is 1. The molecule has 16 heavy (non-hydrogen) atoms. The summed E-state index contributed by atoms with van der Waals surface area (Å²) in [5, 5.41) is 0. The van der Waals surface area contributed by atoms with Crippen molar-refractivity contribution in [3.05, 3.63) is 59.7 Å². The summed E-state index contributed by atoms with van der Waals surface area (Å²) in [5.74, 6) is 0.874. The molecule has 2 nitrogen and oxygen atoms in total. The van der Waals surface area contributed by atoms with Crippen LogP contribution < -0.4 is 4.74 Å². The quantitative estimate of drug-likeness (QED) is 0.753. The van der Waals surface area contributed by atoms with Gasteiger partial charge in [-0.3, -0.25) is 4.79 Å². The number of methoxy groups -OCH3 is 1. The van der Waals surface area contributed by atoms with E-state index in [2.05, 4.69) is 0 Å². The lowest BCUT2D eigenvalue weighted by Gasteiger charge is -2.02. The van der Waals surface area contributed by atoms with E-state index >= 15 is 0 Å². The number of allylic oxidation sites excluding steroid dienone is 5. The number of hydrogen-bond acceptors (Lipinski definition) is 2. The Balaban J connectivity index is 2.20. The van der Waals surface area contributed by atoms with Crippen LogP contribution in [0.2, 0.25) is 0 Å². The van der Waals surface area contributed by atoms with Gasteiger partial charge in [0.2, 0.25) is 0 Å². The predicted octanol–water partition coefficient (Wildman–Crippen LogP) is 2.77. The summed E-state index contributed by atoms with van der Waals surface area (Å²) in [7, 11) is 1.64. The third kappa shape index (κ3) is 2.48. The Morgan fingerprint density at radius 3 is 2.19 bits per heavy atom. The van der Waals surface area contributed by atoms with Crippen LogP contribution in [0.25, 0.3) is 6.08 Å². The Kier molecular flexibility index (Phi) is 3.01. The second-order valence-electron chi connectivity index (χ2n) is 3.49. The number of rotatable bonds is 2. The Morgan fingerprint density at radius 1 is 1.00 bits per heavy atom. The van der Waals surface area contributed by atoms with E-state index in [1.807, 2.05) is 42.5 Å². The number of benzene rings is 1. The third-order valence-corrected chi connectivity index (χ3v) is 2.33. The fourth-order valence-corrected chi connectivity index (χ4v) is 1.46. The minimum absolute atomic E-state index is 0.0341. The molecule has 0 amide bonds. The van der Waals surface area contributed by atoms with Crippen molar-refractivity contribution in [3.63, 3.8) is 0 Å². The summed E-state index contributed by atoms with van der Waals surface area (Å²) in [6.07, 6.45) is 8.77. The van der Waals surface area contributed by atoms with E-state index < -0.39 is 0 Å². The number of carbonyl (C=O) groups is 1. The van der Waals surface area contributed by atoms with Gasteiger partial charge in [-0.05, 0) is 41.5 Å². The normalized spacial score (nSPS) is 14.1. The highest BCUT2D eigenvalue weighted by Crippen LogP contribution is 2.16. The maximum atomic E-state index is 10.9. The summed E-state index contributed by atoms with van der Waals surface area (Å²) in [5.41, 5.74) is 2.10. The average molecular weight is 212 g/mol. The summed E-state index contributed by atoms with van der Waals surface area (Å²) < 4.78 is 5.08. The van der Waals surface area contributed by atoms with Gasteiger partial charge in [-0.1, -0.05) is 24.3 Å². The SMILES string of the molecule is COc1ccc(C=C2C=CC(=O)C=C2)cc1. The van der Waals surface area contributed by atoms with Gasteiger partial charge < -0.3 is 4.74 Å². The van der Waals surface area contributed by atoms with E-state index in [-0.39, 0.29) is 5.78 Å². The first-order valence-corrected chi connectivity index (χ1v) is 5.04. The molecule has 0 spiro atoms. The summed E-state index contributed by atoms with van der Waals surface area (Å²) in [6.45, 7) is 0. The standard InChI is InChI=1S/C14H12O2/c1-16-14-8-4-12(5-9-14)10-11-2-6-13(15)7-3-11/h2-10H,1H3. The Hall–Kier alpha value is -2.09. The zero-order valence-electron chi connectivity index (χ0n) is 9.01. The van der Waals surface area contributed by atoms with E-state index in [1.165, 1.54) is 0 Å². The molecule has 0 heterocycles. The zero-order valence-corrected chi connectivity index (χ0v) is 9.01. The fourth-order valence-electron chi connectivity index (χ4n) is 1.46. The molecular formula is C14H12O2. The van der Waals surface area contributed by atoms with Crippen LogP contribution in [0.4, 0.5) is 0 Å². The van der Waals surface area contributed by atoms with Gasteiger partial charge in [0.25, 0.3) is 0 Å². The number of ether oxygens (including phenoxy) is 1. The fraction of sp³-hybridized carbons (Fsp3) is 0.0714. The average Bonchev–Trinajstić information content (AvgIpc) is 2.33. The van der Waals surface area contributed by atoms with Gasteiger partial charge in [0.1, 0.15) is 5.75 Å². The van der Waals surface area contributed by atoms with E-state index in [0.717, 1.165) is 16.9 Å². The second kappa shape index (κ2) is 4.62.